The largest absolute Gasteiger partial charge is 0.493 e. The van der Waals surface area contributed by atoms with Crippen molar-refractivity contribution in [2.24, 2.45) is 5.92 Å². The van der Waals surface area contributed by atoms with Gasteiger partial charge in [0, 0.05) is 17.9 Å². The van der Waals surface area contributed by atoms with Crippen LogP contribution in [0.25, 0.3) is 0 Å². The van der Waals surface area contributed by atoms with Gasteiger partial charge in [-0.1, -0.05) is 12.1 Å². The van der Waals surface area contributed by atoms with Gasteiger partial charge in [-0.25, -0.2) is 0 Å². The molecule has 1 aromatic carbocycles. The van der Waals surface area contributed by atoms with Crippen molar-refractivity contribution in [2.75, 3.05) is 20.3 Å². The summed E-state index contributed by atoms with van der Waals surface area (Å²) in [5.74, 6) is 1.03. The zero-order valence-electron chi connectivity index (χ0n) is 12.8. The number of carboxylic acid groups (broad SMARTS) is 1. The first-order valence-electron chi connectivity index (χ1n) is 7.82. The zero-order chi connectivity index (χ0) is 15.5. The molecule has 2 unspecified atom stereocenters. The molecule has 3 rings (SSSR count). The Bertz CT molecular complexity index is 532. The number of aliphatic carboxylic acids is 1. The molecule has 0 amide bonds. The number of ether oxygens (including phenoxy) is 3. The van der Waals surface area contributed by atoms with Crippen LogP contribution in [0.4, 0.5) is 0 Å². The van der Waals surface area contributed by atoms with E-state index in [1.165, 1.54) is 0 Å². The lowest BCUT2D eigenvalue weighted by Gasteiger charge is -2.21. The van der Waals surface area contributed by atoms with Crippen molar-refractivity contribution >= 4 is 5.97 Å². The number of hydrogen-bond acceptors (Lipinski definition) is 4. The van der Waals surface area contributed by atoms with Crippen molar-refractivity contribution in [2.45, 2.75) is 37.7 Å². The third-order valence-corrected chi connectivity index (χ3v) is 4.38. The van der Waals surface area contributed by atoms with Gasteiger partial charge in [0.1, 0.15) is 6.10 Å². The predicted molar refractivity (Wildman–Crippen MR) is 80.6 cm³/mol. The van der Waals surface area contributed by atoms with Gasteiger partial charge < -0.3 is 19.3 Å². The number of para-hydroxylation sites is 1. The Morgan fingerprint density at radius 1 is 1.41 bits per heavy atom. The van der Waals surface area contributed by atoms with E-state index in [1.807, 2.05) is 18.2 Å². The highest BCUT2D eigenvalue weighted by Crippen LogP contribution is 2.49. The maximum atomic E-state index is 11.2. The van der Waals surface area contributed by atoms with Gasteiger partial charge >= 0.3 is 5.97 Å². The van der Waals surface area contributed by atoms with Crippen LogP contribution in [0.5, 0.6) is 11.5 Å². The van der Waals surface area contributed by atoms with Gasteiger partial charge in [0.2, 0.25) is 0 Å². The first-order chi connectivity index (χ1) is 10.7. The van der Waals surface area contributed by atoms with Crippen LogP contribution in [0.1, 0.15) is 37.2 Å². The maximum Gasteiger partial charge on any atom is 0.303 e. The fourth-order valence-corrected chi connectivity index (χ4v) is 3.14. The molecule has 5 nitrogen and oxygen atoms in total. The highest BCUT2D eigenvalue weighted by molar-refractivity contribution is 5.69. The molecule has 0 bridgehead atoms. The SMILES string of the molecule is COc1c(OC2CCOC2)cccc1C(CC(=O)O)C1CC1. The van der Waals surface area contributed by atoms with Gasteiger partial charge in [0.25, 0.3) is 0 Å². The lowest BCUT2D eigenvalue weighted by molar-refractivity contribution is -0.137. The van der Waals surface area contributed by atoms with Crippen LogP contribution in [-0.4, -0.2) is 37.5 Å². The molecule has 0 spiro atoms. The molecule has 22 heavy (non-hydrogen) atoms. The van der Waals surface area contributed by atoms with Gasteiger partial charge in [-0.05, 0) is 24.8 Å². The second-order valence-electron chi connectivity index (χ2n) is 6.02. The van der Waals surface area contributed by atoms with E-state index in [0.29, 0.717) is 24.0 Å². The Kier molecular flexibility index (Phi) is 4.52. The van der Waals surface area contributed by atoms with Crippen LogP contribution in [-0.2, 0) is 9.53 Å². The van der Waals surface area contributed by atoms with E-state index in [2.05, 4.69) is 0 Å². The average molecular weight is 306 g/mol. The maximum absolute atomic E-state index is 11.2. The minimum absolute atomic E-state index is 0.00386. The fourth-order valence-electron chi connectivity index (χ4n) is 3.14. The Morgan fingerprint density at radius 2 is 2.23 bits per heavy atom. The molecule has 0 radical (unpaired) electrons. The lowest BCUT2D eigenvalue weighted by atomic mass is 9.90. The smallest absolute Gasteiger partial charge is 0.303 e. The van der Waals surface area contributed by atoms with Gasteiger partial charge in [-0.3, -0.25) is 4.79 Å². The number of benzene rings is 1. The molecule has 0 aromatic heterocycles. The number of rotatable bonds is 7. The molecule has 5 heteroatoms. The van der Waals surface area contributed by atoms with Crippen LogP contribution in [0.15, 0.2) is 18.2 Å². The van der Waals surface area contributed by atoms with Gasteiger partial charge in [0.05, 0.1) is 26.7 Å². The quantitative estimate of drug-likeness (QED) is 0.839. The van der Waals surface area contributed by atoms with Crippen molar-refractivity contribution in [3.8, 4) is 11.5 Å². The first-order valence-corrected chi connectivity index (χ1v) is 7.82. The Hall–Kier alpha value is -1.75. The van der Waals surface area contributed by atoms with E-state index in [-0.39, 0.29) is 18.4 Å². The number of carboxylic acids is 1. The van der Waals surface area contributed by atoms with Crippen molar-refractivity contribution in [1.29, 1.82) is 0 Å². The summed E-state index contributed by atoms with van der Waals surface area (Å²) in [5.41, 5.74) is 0.948. The number of carbonyl (C=O) groups is 1. The number of hydrogen-bond donors (Lipinski definition) is 1. The number of methoxy groups -OCH3 is 1. The normalized spacial score (nSPS) is 22.3. The summed E-state index contributed by atoms with van der Waals surface area (Å²) in [6.07, 6.45) is 3.22. The predicted octanol–water partition coefficient (Wildman–Crippen LogP) is 2.83. The monoisotopic (exact) mass is 306 g/mol. The fraction of sp³-hybridized carbons (Fsp3) is 0.588. The minimum atomic E-state index is -0.769. The van der Waals surface area contributed by atoms with Crippen LogP contribution >= 0.6 is 0 Å². The second-order valence-corrected chi connectivity index (χ2v) is 6.02. The van der Waals surface area contributed by atoms with E-state index in [0.717, 1.165) is 31.4 Å². The summed E-state index contributed by atoms with van der Waals surface area (Å²) in [7, 11) is 1.61. The van der Waals surface area contributed by atoms with E-state index in [4.69, 9.17) is 14.2 Å². The molecule has 1 aliphatic carbocycles. The third kappa shape index (κ3) is 3.35. The van der Waals surface area contributed by atoms with Crippen LogP contribution in [0.3, 0.4) is 0 Å². The van der Waals surface area contributed by atoms with Crippen molar-refractivity contribution in [3.63, 3.8) is 0 Å². The van der Waals surface area contributed by atoms with E-state index >= 15 is 0 Å². The molecule has 1 heterocycles. The molecule has 2 aliphatic rings. The van der Waals surface area contributed by atoms with E-state index in [9.17, 15) is 9.90 Å². The third-order valence-electron chi connectivity index (χ3n) is 4.38. The molecule has 1 aliphatic heterocycles. The summed E-state index contributed by atoms with van der Waals surface area (Å²) in [5, 5.41) is 9.20. The van der Waals surface area contributed by atoms with Crippen LogP contribution in [0.2, 0.25) is 0 Å². The second kappa shape index (κ2) is 6.57. The van der Waals surface area contributed by atoms with Gasteiger partial charge in [-0.2, -0.15) is 0 Å². The lowest BCUT2D eigenvalue weighted by Crippen LogP contribution is -2.17. The molecule has 1 saturated heterocycles. The Labute approximate surface area is 130 Å². The Morgan fingerprint density at radius 3 is 2.82 bits per heavy atom. The minimum Gasteiger partial charge on any atom is -0.493 e. The molecular formula is C17H22O5. The molecule has 120 valence electrons. The van der Waals surface area contributed by atoms with E-state index in [1.54, 1.807) is 7.11 Å². The van der Waals surface area contributed by atoms with Crippen molar-refractivity contribution < 1.29 is 24.1 Å². The average Bonchev–Trinajstić information content (AvgIpc) is 3.22. The molecular weight excluding hydrogens is 284 g/mol. The summed E-state index contributed by atoms with van der Waals surface area (Å²) < 4.78 is 16.9. The standard InChI is InChI=1S/C17H22O5/c1-20-17-13(14(9-16(18)19)11-5-6-11)3-2-4-15(17)22-12-7-8-21-10-12/h2-4,11-12,14H,5-10H2,1H3,(H,18,19). The van der Waals surface area contributed by atoms with Crippen molar-refractivity contribution in [1.82, 2.24) is 0 Å². The molecule has 1 N–H and O–H groups in total. The van der Waals surface area contributed by atoms with Crippen LogP contribution < -0.4 is 9.47 Å². The summed E-state index contributed by atoms with van der Waals surface area (Å²) in [6, 6.07) is 5.76. The van der Waals surface area contributed by atoms with Crippen LogP contribution in [0, 0.1) is 5.92 Å². The van der Waals surface area contributed by atoms with E-state index < -0.39 is 5.97 Å². The summed E-state index contributed by atoms with van der Waals surface area (Å²) >= 11 is 0. The summed E-state index contributed by atoms with van der Waals surface area (Å²) in [4.78, 5) is 11.2. The summed E-state index contributed by atoms with van der Waals surface area (Å²) in [6.45, 7) is 1.31. The van der Waals surface area contributed by atoms with Gasteiger partial charge in [0.15, 0.2) is 11.5 Å². The topological polar surface area (TPSA) is 65.0 Å². The molecule has 1 saturated carbocycles. The molecule has 2 fully saturated rings. The Balaban J connectivity index is 1.87. The molecule has 2 atom stereocenters. The molecule has 1 aromatic rings. The first kappa shape index (κ1) is 15.2. The van der Waals surface area contributed by atoms with Crippen molar-refractivity contribution in [3.05, 3.63) is 23.8 Å². The highest BCUT2D eigenvalue weighted by Gasteiger charge is 2.36. The van der Waals surface area contributed by atoms with Gasteiger partial charge in [-0.15, -0.1) is 0 Å². The highest BCUT2D eigenvalue weighted by atomic mass is 16.6. The zero-order valence-corrected chi connectivity index (χ0v) is 12.8.